The summed E-state index contributed by atoms with van der Waals surface area (Å²) in [7, 11) is 0. The van der Waals surface area contributed by atoms with E-state index in [0.29, 0.717) is 5.15 Å². The molecule has 2 N–H and O–H groups in total. The van der Waals surface area contributed by atoms with Crippen LogP contribution in [0.25, 0.3) is 0 Å². The molecule has 0 saturated heterocycles. The SMILES string of the molecule is CC(N)C1(c2ccc(Cl)nc2)CC1. The molecule has 1 fully saturated rings. The lowest BCUT2D eigenvalue weighted by Crippen LogP contribution is -2.31. The smallest absolute Gasteiger partial charge is 0.129 e. The van der Waals surface area contributed by atoms with Crippen LogP contribution in [0.15, 0.2) is 18.3 Å². The van der Waals surface area contributed by atoms with Crippen LogP contribution in [0.4, 0.5) is 0 Å². The summed E-state index contributed by atoms with van der Waals surface area (Å²) in [6.45, 7) is 2.06. The molecule has 0 aromatic carbocycles. The highest BCUT2D eigenvalue weighted by Gasteiger charge is 2.47. The molecule has 1 atom stereocenters. The van der Waals surface area contributed by atoms with Crippen molar-refractivity contribution in [3.05, 3.63) is 29.0 Å². The van der Waals surface area contributed by atoms with Gasteiger partial charge in [0.1, 0.15) is 5.15 Å². The largest absolute Gasteiger partial charge is 0.327 e. The minimum absolute atomic E-state index is 0.192. The molecule has 13 heavy (non-hydrogen) atoms. The molecule has 3 heteroatoms. The van der Waals surface area contributed by atoms with E-state index in [2.05, 4.69) is 11.9 Å². The number of aromatic nitrogens is 1. The van der Waals surface area contributed by atoms with Gasteiger partial charge in [-0.3, -0.25) is 0 Å². The standard InChI is InChI=1S/C10H13ClN2/c1-7(12)10(4-5-10)8-2-3-9(11)13-6-8/h2-3,6-7H,4-5,12H2,1H3. The van der Waals surface area contributed by atoms with Crippen molar-refractivity contribution in [2.45, 2.75) is 31.2 Å². The maximum atomic E-state index is 5.94. The fourth-order valence-corrected chi connectivity index (χ4v) is 1.92. The van der Waals surface area contributed by atoms with Crippen molar-refractivity contribution in [1.29, 1.82) is 0 Å². The number of nitrogens with zero attached hydrogens (tertiary/aromatic N) is 1. The normalized spacial score (nSPS) is 21.2. The third-order valence-electron chi connectivity index (χ3n) is 2.96. The van der Waals surface area contributed by atoms with Crippen molar-refractivity contribution in [3.8, 4) is 0 Å². The van der Waals surface area contributed by atoms with Crippen LogP contribution in [-0.4, -0.2) is 11.0 Å². The summed E-state index contributed by atoms with van der Waals surface area (Å²) in [5.74, 6) is 0. The molecule has 1 saturated carbocycles. The molecular formula is C10H13ClN2. The van der Waals surface area contributed by atoms with Crippen LogP contribution < -0.4 is 5.73 Å². The second kappa shape index (κ2) is 2.96. The maximum Gasteiger partial charge on any atom is 0.129 e. The zero-order valence-corrected chi connectivity index (χ0v) is 8.38. The van der Waals surface area contributed by atoms with Gasteiger partial charge in [-0.2, -0.15) is 0 Å². The third-order valence-corrected chi connectivity index (χ3v) is 3.19. The molecule has 0 aliphatic heterocycles. The predicted octanol–water partition coefficient (Wildman–Crippen LogP) is 2.11. The Morgan fingerprint density at radius 3 is 2.62 bits per heavy atom. The first-order chi connectivity index (χ1) is 6.15. The number of pyridine rings is 1. The molecule has 1 aromatic rings. The van der Waals surface area contributed by atoms with Crippen LogP contribution in [-0.2, 0) is 5.41 Å². The molecule has 1 aromatic heterocycles. The fourth-order valence-electron chi connectivity index (χ4n) is 1.81. The lowest BCUT2D eigenvalue weighted by molar-refractivity contribution is 0.555. The summed E-state index contributed by atoms with van der Waals surface area (Å²) < 4.78 is 0. The van der Waals surface area contributed by atoms with Gasteiger partial charge in [0.05, 0.1) is 0 Å². The minimum Gasteiger partial charge on any atom is -0.327 e. The molecular weight excluding hydrogens is 184 g/mol. The lowest BCUT2D eigenvalue weighted by atomic mass is 9.91. The molecule has 0 bridgehead atoms. The summed E-state index contributed by atoms with van der Waals surface area (Å²) in [4.78, 5) is 4.08. The van der Waals surface area contributed by atoms with E-state index < -0.39 is 0 Å². The summed E-state index contributed by atoms with van der Waals surface area (Å²) in [6, 6.07) is 4.07. The summed E-state index contributed by atoms with van der Waals surface area (Å²) in [5.41, 5.74) is 7.36. The second-order valence-electron chi connectivity index (χ2n) is 3.81. The number of rotatable bonds is 2. The molecule has 0 amide bonds. The lowest BCUT2D eigenvalue weighted by Gasteiger charge is -2.19. The Bertz CT molecular complexity index is 301. The second-order valence-corrected chi connectivity index (χ2v) is 4.20. The first-order valence-corrected chi connectivity index (χ1v) is 4.90. The maximum absolute atomic E-state index is 5.94. The van der Waals surface area contributed by atoms with Crippen molar-refractivity contribution < 1.29 is 0 Å². The Morgan fingerprint density at radius 1 is 1.54 bits per heavy atom. The van der Waals surface area contributed by atoms with Gasteiger partial charge in [0.2, 0.25) is 0 Å². The van der Waals surface area contributed by atoms with Gasteiger partial charge >= 0.3 is 0 Å². The number of hydrogen-bond acceptors (Lipinski definition) is 2. The Balaban J connectivity index is 2.31. The quantitative estimate of drug-likeness (QED) is 0.736. The van der Waals surface area contributed by atoms with Gasteiger partial charge in [0.15, 0.2) is 0 Å². The van der Waals surface area contributed by atoms with Crippen molar-refractivity contribution >= 4 is 11.6 Å². The first-order valence-electron chi connectivity index (χ1n) is 4.53. The summed E-state index contributed by atoms with van der Waals surface area (Å²) >= 11 is 5.72. The van der Waals surface area contributed by atoms with E-state index in [4.69, 9.17) is 17.3 Å². The van der Waals surface area contributed by atoms with Gasteiger partial charge in [-0.05, 0) is 31.4 Å². The number of nitrogens with two attached hydrogens (primary N) is 1. The fraction of sp³-hybridized carbons (Fsp3) is 0.500. The molecule has 2 nitrogen and oxygen atoms in total. The van der Waals surface area contributed by atoms with Crippen molar-refractivity contribution in [3.63, 3.8) is 0 Å². The van der Waals surface area contributed by atoms with E-state index >= 15 is 0 Å². The molecule has 2 rings (SSSR count). The molecule has 1 unspecified atom stereocenters. The zero-order chi connectivity index (χ0) is 9.47. The van der Waals surface area contributed by atoms with E-state index in [1.54, 1.807) is 0 Å². The van der Waals surface area contributed by atoms with E-state index in [-0.39, 0.29) is 11.5 Å². The average molecular weight is 197 g/mol. The van der Waals surface area contributed by atoms with E-state index in [1.165, 1.54) is 18.4 Å². The molecule has 1 aliphatic rings. The number of hydrogen-bond donors (Lipinski definition) is 1. The van der Waals surface area contributed by atoms with Crippen LogP contribution in [0.3, 0.4) is 0 Å². The van der Waals surface area contributed by atoms with Gasteiger partial charge in [0.25, 0.3) is 0 Å². The van der Waals surface area contributed by atoms with Crippen LogP contribution in [0.2, 0.25) is 5.15 Å². The predicted molar refractivity (Wildman–Crippen MR) is 53.8 cm³/mol. The van der Waals surface area contributed by atoms with Gasteiger partial charge < -0.3 is 5.73 Å². The van der Waals surface area contributed by atoms with Crippen LogP contribution >= 0.6 is 11.6 Å². The van der Waals surface area contributed by atoms with Gasteiger partial charge in [-0.1, -0.05) is 17.7 Å². The molecule has 1 aliphatic carbocycles. The first kappa shape index (κ1) is 8.97. The Morgan fingerprint density at radius 2 is 2.23 bits per heavy atom. The van der Waals surface area contributed by atoms with Crippen LogP contribution in [0, 0.1) is 0 Å². The van der Waals surface area contributed by atoms with Gasteiger partial charge in [0, 0.05) is 17.7 Å². The zero-order valence-electron chi connectivity index (χ0n) is 7.63. The molecule has 70 valence electrons. The highest BCUT2D eigenvalue weighted by atomic mass is 35.5. The third kappa shape index (κ3) is 1.45. The molecule has 1 heterocycles. The van der Waals surface area contributed by atoms with E-state index in [9.17, 15) is 0 Å². The molecule has 0 spiro atoms. The average Bonchev–Trinajstić information content (AvgIpc) is 2.86. The van der Waals surface area contributed by atoms with E-state index in [0.717, 1.165) is 0 Å². The Kier molecular flexibility index (Phi) is 2.05. The van der Waals surface area contributed by atoms with Crippen LogP contribution in [0.1, 0.15) is 25.3 Å². The Hall–Kier alpha value is -0.600. The number of halogens is 1. The summed E-state index contributed by atoms with van der Waals surface area (Å²) in [5, 5.41) is 0.546. The van der Waals surface area contributed by atoms with Crippen molar-refractivity contribution in [1.82, 2.24) is 4.98 Å². The topological polar surface area (TPSA) is 38.9 Å². The van der Waals surface area contributed by atoms with Crippen molar-refractivity contribution in [2.24, 2.45) is 5.73 Å². The summed E-state index contributed by atoms with van der Waals surface area (Å²) in [6.07, 6.45) is 4.20. The van der Waals surface area contributed by atoms with Crippen LogP contribution in [0.5, 0.6) is 0 Å². The molecule has 0 radical (unpaired) electrons. The van der Waals surface area contributed by atoms with Gasteiger partial charge in [-0.25, -0.2) is 4.98 Å². The minimum atomic E-state index is 0.192. The Labute approximate surface area is 83.1 Å². The van der Waals surface area contributed by atoms with Gasteiger partial charge in [-0.15, -0.1) is 0 Å². The highest BCUT2D eigenvalue weighted by molar-refractivity contribution is 6.29. The van der Waals surface area contributed by atoms with E-state index in [1.807, 2.05) is 18.3 Å². The highest BCUT2D eigenvalue weighted by Crippen LogP contribution is 2.50. The van der Waals surface area contributed by atoms with Crippen molar-refractivity contribution in [2.75, 3.05) is 0 Å². The monoisotopic (exact) mass is 196 g/mol.